The lowest BCUT2D eigenvalue weighted by Gasteiger charge is -2.12. The second-order valence-electron chi connectivity index (χ2n) is 3.12. The molecule has 13 heavy (non-hydrogen) atoms. The van der Waals surface area contributed by atoms with Crippen LogP contribution in [0.3, 0.4) is 0 Å². The van der Waals surface area contributed by atoms with E-state index in [-0.39, 0.29) is 0 Å². The fourth-order valence-corrected chi connectivity index (χ4v) is 1.55. The lowest BCUT2D eigenvalue weighted by atomic mass is 10.1. The number of rotatable bonds is 3. The van der Waals surface area contributed by atoms with Crippen LogP contribution in [-0.2, 0) is 0 Å². The molecule has 0 aromatic carbocycles. The Morgan fingerprint density at radius 2 is 2.31 bits per heavy atom. The van der Waals surface area contributed by atoms with E-state index in [1.807, 2.05) is 13.1 Å². The van der Waals surface area contributed by atoms with Crippen molar-refractivity contribution in [3.63, 3.8) is 0 Å². The van der Waals surface area contributed by atoms with E-state index in [1.165, 1.54) is 5.56 Å². The highest BCUT2D eigenvalue weighted by Gasteiger charge is 2.05. The zero-order valence-corrected chi connectivity index (χ0v) is 9.85. The van der Waals surface area contributed by atoms with Gasteiger partial charge in [0.05, 0.1) is 5.69 Å². The van der Waals surface area contributed by atoms with E-state index >= 15 is 0 Å². The highest BCUT2D eigenvalue weighted by Crippen LogP contribution is 2.19. The van der Waals surface area contributed by atoms with E-state index in [4.69, 9.17) is 0 Å². The third kappa shape index (κ3) is 2.78. The molecule has 1 atom stereocenters. The van der Waals surface area contributed by atoms with Crippen molar-refractivity contribution in [3.8, 4) is 0 Å². The van der Waals surface area contributed by atoms with Crippen molar-refractivity contribution >= 4 is 15.9 Å². The zero-order chi connectivity index (χ0) is 9.84. The maximum Gasteiger partial charge on any atom is 0.0514 e. The zero-order valence-electron chi connectivity index (χ0n) is 8.26. The van der Waals surface area contributed by atoms with Gasteiger partial charge >= 0.3 is 0 Å². The molecule has 0 spiro atoms. The smallest absolute Gasteiger partial charge is 0.0514 e. The molecule has 1 aromatic heterocycles. The first-order valence-electron chi connectivity index (χ1n) is 4.50. The van der Waals surface area contributed by atoms with Crippen LogP contribution in [0.5, 0.6) is 0 Å². The topological polar surface area (TPSA) is 24.9 Å². The molecular weight excluding hydrogens is 228 g/mol. The molecule has 0 aliphatic rings. The summed E-state index contributed by atoms with van der Waals surface area (Å²) in [6.07, 6.45) is 1.92. The third-order valence-electron chi connectivity index (χ3n) is 2.06. The molecule has 1 aromatic rings. The predicted molar refractivity (Wildman–Crippen MR) is 58.8 cm³/mol. The summed E-state index contributed by atoms with van der Waals surface area (Å²) in [5, 5.41) is 3.35. The molecule has 1 rings (SSSR count). The molecule has 1 unspecified atom stereocenters. The lowest BCUT2D eigenvalue weighted by Crippen LogP contribution is -2.17. The highest BCUT2D eigenvalue weighted by atomic mass is 79.9. The summed E-state index contributed by atoms with van der Waals surface area (Å²) in [5.74, 6) is 0. The number of nitrogens with zero attached hydrogens (tertiary/aromatic N) is 1. The van der Waals surface area contributed by atoms with Crippen LogP contribution in [0, 0.1) is 6.92 Å². The monoisotopic (exact) mass is 242 g/mol. The molecule has 1 N–H and O–H groups in total. The average molecular weight is 243 g/mol. The Morgan fingerprint density at radius 3 is 2.85 bits per heavy atom. The van der Waals surface area contributed by atoms with Gasteiger partial charge in [0, 0.05) is 16.7 Å². The largest absolute Gasteiger partial charge is 0.310 e. The van der Waals surface area contributed by atoms with E-state index in [2.05, 4.69) is 46.1 Å². The number of hydrogen-bond acceptors (Lipinski definition) is 2. The Labute approximate surface area is 87.9 Å². The summed E-state index contributed by atoms with van der Waals surface area (Å²) in [5.41, 5.74) is 2.26. The molecule has 0 saturated carbocycles. The first-order chi connectivity index (χ1) is 6.15. The molecule has 0 fully saturated rings. The molecule has 0 aliphatic heterocycles. The van der Waals surface area contributed by atoms with Gasteiger partial charge in [-0.15, -0.1) is 0 Å². The van der Waals surface area contributed by atoms with Gasteiger partial charge < -0.3 is 5.32 Å². The molecule has 2 nitrogen and oxygen atoms in total. The van der Waals surface area contributed by atoms with Crippen LogP contribution in [0.4, 0.5) is 0 Å². The van der Waals surface area contributed by atoms with E-state index < -0.39 is 0 Å². The summed E-state index contributed by atoms with van der Waals surface area (Å²) < 4.78 is 1.08. The second-order valence-corrected chi connectivity index (χ2v) is 3.97. The van der Waals surface area contributed by atoms with Gasteiger partial charge in [0.1, 0.15) is 0 Å². The van der Waals surface area contributed by atoms with E-state index in [1.54, 1.807) is 0 Å². The van der Waals surface area contributed by atoms with Crippen molar-refractivity contribution in [1.29, 1.82) is 0 Å². The number of aromatic nitrogens is 1. The summed E-state index contributed by atoms with van der Waals surface area (Å²) in [7, 11) is 0. The van der Waals surface area contributed by atoms with Crippen LogP contribution in [0.1, 0.15) is 31.1 Å². The lowest BCUT2D eigenvalue weighted by molar-refractivity contribution is 0.595. The van der Waals surface area contributed by atoms with Gasteiger partial charge in [-0.05, 0) is 48.0 Å². The molecule has 3 heteroatoms. The van der Waals surface area contributed by atoms with Crippen LogP contribution < -0.4 is 5.32 Å². The third-order valence-corrected chi connectivity index (χ3v) is 2.86. The summed E-state index contributed by atoms with van der Waals surface area (Å²) in [4.78, 5) is 4.30. The molecule has 0 saturated heterocycles. The normalized spacial score (nSPS) is 12.9. The van der Waals surface area contributed by atoms with Crippen LogP contribution in [0.15, 0.2) is 16.7 Å². The summed E-state index contributed by atoms with van der Waals surface area (Å²) in [6, 6.07) is 2.49. The predicted octanol–water partition coefficient (Wildman–Crippen LogP) is 2.82. The number of hydrogen-bond donors (Lipinski definition) is 1. The van der Waals surface area contributed by atoms with E-state index in [0.29, 0.717) is 6.04 Å². The van der Waals surface area contributed by atoms with Gasteiger partial charge in [-0.3, -0.25) is 4.98 Å². The molecule has 1 heterocycles. The SMILES string of the molecule is CCNC(C)c1cnc(C)c(Br)c1. The minimum atomic E-state index is 0.370. The Morgan fingerprint density at radius 1 is 1.62 bits per heavy atom. The van der Waals surface area contributed by atoms with Crippen molar-refractivity contribution in [1.82, 2.24) is 10.3 Å². The first kappa shape index (κ1) is 10.7. The molecule has 72 valence electrons. The van der Waals surface area contributed by atoms with Gasteiger partial charge in [-0.2, -0.15) is 0 Å². The Bertz CT molecular complexity index is 286. The summed E-state index contributed by atoms with van der Waals surface area (Å²) >= 11 is 3.48. The quantitative estimate of drug-likeness (QED) is 0.882. The Hall–Kier alpha value is -0.410. The number of pyridine rings is 1. The number of nitrogens with one attached hydrogen (secondary N) is 1. The minimum absolute atomic E-state index is 0.370. The molecular formula is C10H15BrN2. The van der Waals surface area contributed by atoms with Crippen LogP contribution in [-0.4, -0.2) is 11.5 Å². The number of halogens is 1. The maximum atomic E-state index is 4.30. The molecule has 0 bridgehead atoms. The van der Waals surface area contributed by atoms with E-state index in [0.717, 1.165) is 16.7 Å². The fraction of sp³-hybridized carbons (Fsp3) is 0.500. The Balaban J connectivity index is 2.84. The standard InChI is InChI=1S/C10H15BrN2/c1-4-12-7(2)9-5-10(11)8(3)13-6-9/h5-7,12H,4H2,1-3H3. The molecule has 0 radical (unpaired) electrons. The molecule has 0 aliphatic carbocycles. The van der Waals surface area contributed by atoms with Crippen LogP contribution >= 0.6 is 15.9 Å². The highest BCUT2D eigenvalue weighted by molar-refractivity contribution is 9.10. The first-order valence-corrected chi connectivity index (χ1v) is 5.30. The fourth-order valence-electron chi connectivity index (χ4n) is 1.18. The van der Waals surface area contributed by atoms with Crippen molar-refractivity contribution in [2.24, 2.45) is 0 Å². The van der Waals surface area contributed by atoms with Crippen LogP contribution in [0.2, 0.25) is 0 Å². The van der Waals surface area contributed by atoms with Crippen molar-refractivity contribution < 1.29 is 0 Å². The van der Waals surface area contributed by atoms with Gasteiger partial charge in [-0.25, -0.2) is 0 Å². The van der Waals surface area contributed by atoms with Gasteiger partial charge in [0.2, 0.25) is 0 Å². The van der Waals surface area contributed by atoms with Gasteiger partial charge in [0.25, 0.3) is 0 Å². The Kier molecular flexibility index (Phi) is 3.88. The van der Waals surface area contributed by atoms with Crippen molar-refractivity contribution in [2.75, 3.05) is 6.54 Å². The van der Waals surface area contributed by atoms with Crippen LogP contribution in [0.25, 0.3) is 0 Å². The van der Waals surface area contributed by atoms with E-state index in [9.17, 15) is 0 Å². The minimum Gasteiger partial charge on any atom is -0.310 e. The maximum absolute atomic E-state index is 4.30. The van der Waals surface area contributed by atoms with Crippen molar-refractivity contribution in [3.05, 3.63) is 28.0 Å². The number of aryl methyl sites for hydroxylation is 1. The second kappa shape index (κ2) is 4.72. The van der Waals surface area contributed by atoms with Crippen molar-refractivity contribution in [2.45, 2.75) is 26.8 Å². The summed E-state index contributed by atoms with van der Waals surface area (Å²) in [6.45, 7) is 7.22. The average Bonchev–Trinajstić information content (AvgIpc) is 2.10. The molecule has 0 amide bonds. The van der Waals surface area contributed by atoms with Gasteiger partial charge in [0.15, 0.2) is 0 Å². The van der Waals surface area contributed by atoms with Gasteiger partial charge in [-0.1, -0.05) is 6.92 Å².